The lowest BCUT2D eigenvalue weighted by Crippen LogP contribution is -2.51. The number of rotatable bonds is 14. The van der Waals surface area contributed by atoms with Crippen molar-refractivity contribution in [3.63, 3.8) is 0 Å². The van der Waals surface area contributed by atoms with Gasteiger partial charge in [0.25, 0.3) is 11.5 Å². The van der Waals surface area contributed by atoms with Gasteiger partial charge in [0.15, 0.2) is 0 Å². The number of aliphatic carboxylic acids is 3. The van der Waals surface area contributed by atoms with Crippen LogP contribution in [-0.2, 0) is 25.6 Å². The van der Waals surface area contributed by atoms with Gasteiger partial charge in [-0.1, -0.05) is 5.92 Å². The number of fused-ring (bicyclic) bond motifs is 2. The van der Waals surface area contributed by atoms with Gasteiger partial charge < -0.3 is 35.8 Å². The van der Waals surface area contributed by atoms with Crippen molar-refractivity contribution in [3.05, 3.63) is 69.3 Å². The third kappa shape index (κ3) is 7.86. The summed E-state index contributed by atoms with van der Waals surface area (Å²) in [5.74, 6) is -2.43. The smallest absolute Gasteiger partial charge is 0.326 e. The number of carboxylic acids is 3. The minimum Gasteiger partial charge on any atom is -0.481 e. The van der Waals surface area contributed by atoms with Crippen LogP contribution in [0, 0.1) is 19.3 Å². The van der Waals surface area contributed by atoms with E-state index in [0.29, 0.717) is 22.4 Å². The SMILES string of the molecule is C#CCN(c1ccc(C(=O)N[C@H](CCC(=O)O)C(=O)N[C@H](CCC(=O)O)C(=O)O)cc1)C1CCc2cc3nc(C)[nH]c(=O)c3cc21. The van der Waals surface area contributed by atoms with E-state index in [9.17, 15) is 33.9 Å². The Balaban J connectivity index is 1.53. The van der Waals surface area contributed by atoms with E-state index < -0.39 is 61.1 Å². The molecule has 0 saturated heterocycles. The molecule has 1 heterocycles. The molecule has 1 aliphatic carbocycles. The second kappa shape index (κ2) is 14.4. The minimum absolute atomic E-state index is 0.143. The van der Waals surface area contributed by atoms with E-state index in [-0.39, 0.29) is 30.1 Å². The molecule has 0 fully saturated rings. The fourth-order valence-electron chi connectivity index (χ4n) is 5.52. The van der Waals surface area contributed by atoms with Crippen LogP contribution in [-0.4, -0.2) is 73.6 Å². The van der Waals surface area contributed by atoms with Crippen molar-refractivity contribution in [2.24, 2.45) is 0 Å². The van der Waals surface area contributed by atoms with Crippen molar-refractivity contribution in [2.45, 2.75) is 63.6 Å². The fraction of sp³-hybridized carbons (Fsp3) is 0.344. The van der Waals surface area contributed by atoms with Gasteiger partial charge in [0.05, 0.1) is 23.5 Å². The Morgan fingerprint density at radius 3 is 2.28 bits per heavy atom. The second-order valence-corrected chi connectivity index (χ2v) is 10.9. The molecule has 1 aliphatic rings. The van der Waals surface area contributed by atoms with E-state index in [1.165, 1.54) is 12.1 Å². The number of aryl methyl sites for hydroxylation is 2. The quantitative estimate of drug-likeness (QED) is 0.141. The van der Waals surface area contributed by atoms with Gasteiger partial charge in [0, 0.05) is 24.1 Å². The summed E-state index contributed by atoms with van der Waals surface area (Å²) < 4.78 is 0. The van der Waals surface area contributed by atoms with E-state index in [1.807, 2.05) is 17.0 Å². The van der Waals surface area contributed by atoms with Crippen LogP contribution in [0.15, 0.2) is 41.2 Å². The van der Waals surface area contributed by atoms with Crippen LogP contribution >= 0.6 is 0 Å². The predicted molar refractivity (Wildman–Crippen MR) is 165 cm³/mol. The number of nitrogens with one attached hydrogen (secondary N) is 3. The zero-order chi connectivity index (χ0) is 33.5. The van der Waals surface area contributed by atoms with Gasteiger partial charge >= 0.3 is 17.9 Å². The lowest BCUT2D eigenvalue weighted by Gasteiger charge is -2.30. The highest BCUT2D eigenvalue weighted by Crippen LogP contribution is 2.39. The highest BCUT2D eigenvalue weighted by atomic mass is 16.4. The molecule has 0 radical (unpaired) electrons. The lowest BCUT2D eigenvalue weighted by atomic mass is 10.0. The summed E-state index contributed by atoms with van der Waals surface area (Å²) in [6, 6.07) is 7.06. The normalized spacial score (nSPS) is 14.8. The molecule has 1 unspecified atom stereocenters. The molecular weight excluding hydrogens is 598 g/mol. The Morgan fingerprint density at radius 1 is 1.02 bits per heavy atom. The number of amides is 2. The zero-order valence-corrected chi connectivity index (χ0v) is 24.9. The molecule has 0 spiro atoms. The molecule has 240 valence electrons. The number of H-pyrrole nitrogens is 1. The molecular formula is C32H33N5O9. The van der Waals surface area contributed by atoms with Gasteiger partial charge in [-0.2, -0.15) is 0 Å². The summed E-state index contributed by atoms with van der Waals surface area (Å²) in [7, 11) is 0. The standard InChI is InChI=1S/C32H33N5O9/c1-3-14-37(26-11-6-19-15-25-22(16-21(19)26)30(43)34-17(2)33-25)20-7-4-18(5-8-20)29(42)35-23(9-12-27(38)39)31(44)36-24(32(45)46)10-13-28(40)41/h1,4-5,7-8,15-16,23-24,26H,6,9-14H2,2H3,(H,35,42)(H,36,44)(H,38,39)(H,40,41)(H,45,46)(H,33,34,43)/t23-,24-,26?/m1/s1. The molecule has 14 heteroatoms. The topological polar surface area (TPSA) is 219 Å². The molecule has 0 aliphatic heterocycles. The molecule has 2 amide bonds. The van der Waals surface area contributed by atoms with Crippen LogP contribution in [0.2, 0.25) is 0 Å². The number of hydrogen-bond donors (Lipinski definition) is 6. The Bertz CT molecular complexity index is 1780. The first-order valence-electron chi connectivity index (χ1n) is 14.5. The van der Waals surface area contributed by atoms with Gasteiger partial charge in [0.1, 0.15) is 17.9 Å². The zero-order valence-electron chi connectivity index (χ0n) is 24.9. The number of carbonyl (C=O) groups excluding carboxylic acids is 2. The van der Waals surface area contributed by atoms with Crippen molar-refractivity contribution in [1.29, 1.82) is 0 Å². The largest absolute Gasteiger partial charge is 0.481 e. The Labute approximate surface area is 262 Å². The first kappa shape index (κ1) is 33.2. The van der Waals surface area contributed by atoms with Crippen molar-refractivity contribution in [1.82, 2.24) is 20.6 Å². The van der Waals surface area contributed by atoms with Crippen LogP contribution in [0.4, 0.5) is 5.69 Å². The molecule has 3 aromatic rings. The van der Waals surface area contributed by atoms with Crippen LogP contribution in [0.5, 0.6) is 0 Å². The molecule has 3 atom stereocenters. The average Bonchev–Trinajstić information content (AvgIpc) is 3.41. The maximum absolute atomic E-state index is 13.1. The Kier molecular flexibility index (Phi) is 10.4. The van der Waals surface area contributed by atoms with Crippen molar-refractivity contribution in [3.8, 4) is 12.3 Å². The second-order valence-electron chi connectivity index (χ2n) is 10.9. The predicted octanol–water partition coefficient (Wildman–Crippen LogP) is 1.76. The third-order valence-electron chi connectivity index (χ3n) is 7.76. The summed E-state index contributed by atoms with van der Waals surface area (Å²) >= 11 is 0. The molecule has 4 rings (SSSR count). The molecule has 6 N–H and O–H groups in total. The Hall–Kier alpha value is -5.71. The van der Waals surface area contributed by atoms with Gasteiger partial charge in [-0.25, -0.2) is 9.78 Å². The van der Waals surface area contributed by atoms with E-state index >= 15 is 0 Å². The summed E-state index contributed by atoms with van der Waals surface area (Å²) in [6.45, 7) is 1.96. The first-order valence-corrected chi connectivity index (χ1v) is 14.5. The fourth-order valence-corrected chi connectivity index (χ4v) is 5.52. The van der Waals surface area contributed by atoms with Crippen LogP contribution in [0.25, 0.3) is 10.9 Å². The molecule has 0 bridgehead atoms. The number of carbonyl (C=O) groups is 5. The molecule has 2 aromatic carbocycles. The van der Waals surface area contributed by atoms with Gasteiger partial charge in [-0.05, 0) is 80.1 Å². The van der Waals surface area contributed by atoms with E-state index in [4.69, 9.17) is 16.6 Å². The number of benzene rings is 2. The van der Waals surface area contributed by atoms with Gasteiger partial charge in [-0.15, -0.1) is 6.42 Å². The number of anilines is 1. The highest BCUT2D eigenvalue weighted by molar-refractivity contribution is 5.98. The van der Waals surface area contributed by atoms with E-state index in [1.54, 1.807) is 19.1 Å². The monoisotopic (exact) mass is 631 g/mol. The Morgan fingerprint density at radius 2 is 1.67 bits per heavy atom. The number of carboxylic acid groups (broad SMARTS) is 3. The van der Waals surface area contributed by atoms with Crippen molar-refractivity contribution in [2.75, 3.05) is 11.4 Å². The van der Waals surface area contributed by atoms with Gasteiger partial charge in [0.2, 0.25) is 5.91 Å². The number of hydrogen-bond acceptors (Lipinski definition) is 8. The van der Waals surface area contributed by atoms with Gasteiger partial charge in [-0.3, -0.25) is 24.0 Å². The number of nitrogens with zero attached hydrogens (tertiary/aromatic N) is 2. The first-order chi connectivity index (χ1) is 21.9. The maximum atomic E-state index is 13.1. The van der Waals surface area contributed by atoms with Crippen LogP contribution < -0.4 is 21.1 Å². The number of aromatic nitrogens is 2. The van der Waals surface area contributed by atoms with Crippen molar-refractivity contribution < 1.29 is 39.3 Å². The highest BCUT2D eigenvalue weighted by Gasteiger charge is 2.30. The maximum Gasteiger partial charge on any atom is 0.326 e. The van der Waals surface area contributed by atoms with Crippen LogP contribution in [0.3, 0.4) is 0 Å². The van der Waals surface area contributed by atoms with Crippen molar-refractivity contribution >= 4 is 46.3 Å². The third-order valence-corrected chi connectivity index (χ3v) is 7.76. The molecule has 14 nitrogen and oxygen atoms in total. The van der Waals surface area contributed by atoms with E-state index in [0.717, 1.165) is 24.0 Å². The number of aromatic amines is 1. The lowest BCUT2D eigenvalue weighted by molar-refractivity contribution is -0.143. The number of terminal acetylenes is 1. The molecule has 46 heavy (non-hydrogen) atoms. The molecule has 1 aromatic heterocycles. The van der Waals surface area contributed by atoms with Crippen LogP contribution in [0.1, 0.15) is 65.5 Å². The summed E-state index contributed by atoms with van der Waals surface area (Å²) in [6.07, 6.45) is 5.45. The van der Waals surface area contributed by atoms with E-state index in [2.05, 4.69) is 26.5 Å². The molecule has 0 saturated carbocycles. The summed E-state index contributed by atoms with van der Waals surface area (Å²) in [5.41, 5.74) is 3.25. The summed E-state index contributed by atoms with van der Waals surface area (Å²) in [4.78, 5) is 81.4. The average molecular weight is 632 g/mol. The minimum atomic E-state index is -1.55. The summed E-state index contributed by atoms with van der Waals surface area (Å²) in [5, 5.41) is 32.5.